The average Bonchev–Trinajstić information content (AvgIpc) is 3.13. The number of carbonyl (C=O) groups is 2. The van der Waals surface area contributed by atoms with E-state index in [2.05, 4.69) is 6.92 Å². The summed E-state index contributed by atoms with van der Waals surface area (Å²) in [5.74, 6) is 0.458. The van der Waals surface area contributed by atoms with Crippen molar-refractivity contribution < 1.29 is 14.3 Å². The number of carbonyl (C=O) groups excluding carboxylic acids is 2. The molecular weight excluding hydrogens is 370 g/mol. The number of ether oxygens (including phenoxy) is 1. The second-order valence-electron chi connectivity index (χ2n) is 7.94. The van der Waals surface area contributed by atoms with E-state index in [0.717, 1.165) is 36.1 Å². The molecule has 1 fully saturated rings. The van der Waals surface area contributed by atoms with E-state index in [1.807, 2.05) is 55.1 Å². The Morgan fingerprint density at radius 2 is 1.75 bits per heavy atom. The zero-order valence-electron chi connectivity index (χ0n) is 17.1. The molecule has 1 aromatic heterocycles. The van der Waals surface area contributed by atoms with Gasteiger partial charge in [0.15, 0.2) is 0 Å². The van der Waals surface area contributed by atoms with Gasteiger partial charge in [0.05, 0.1) is 12.8 Å². The topological polar surface area (TPSA) is 46.6 Å². The maximum atomic E-state index is 13.4. The minimum atomic E-state index is -0.391. The van der Waals surface area contributed by atoms with Crippen LogP contribution in [0, 0.1) is 11.8 Å². The number of nitrogens with zero attached hydrogens (tertiary/aromatic N) is 1. The summed E-state index contributed by atoms with van der Waals surface area (Å²) < 4.78 is 5.03. The van der Waals surface area contributed by atoms with Crippen molar-refractivity contribution >= 4 is 28.9 Å². The maximum absolute atomic E-state index is 13.4. The standard InChI is InChI=1S/C23H29NO3S/c1-15(2)24(22(25)18-12-10-16(3)11-13-18)19-14-20(17-8-6-5-7-9-17)28-21(19)23(26)27-4/h5-9,14-16,18H,10-13H2,1-4H3/t16-,18-. The number of anilines is 1. The monoisotopic (exact) mass is 399 g/mol. The van der Waals surface area contributed by atoms with Gasteiger partial charge < -0.3 is 9.64 Å². The Hall–Kier alpha value is -2.14. The molecule has 0 radical (unpaired) electrons. The van der Waals surface area contributed by atoms with Crippen molar-refractivity contribution in [1.82, 2.24) is 0 Å². The highest BCUT2D eigenvalue weighted by atomic mass is 32.1. The molecule has 28 heavy (non-hydrogen) atoms. The summed E-state index contributed by atoms with van der Waals surface area (Å²) in [7, 11) is 1.39. The molecule has 0 unspecified atom stereocenters. The van der Waals surface area contributed by atoms with Gasteiger partial charge in [0, 0.05) is 16.8 Å². The van der Waals surface area contributed by atoms with Gasteiger partial charge in [0.25, 0.3) is 0 Å². The Labute approximate surface area is 171 Å². The van der Waals surface area contributed by atoms with Gasteiger partial charge in [0.1, 0.15) is 4.88 Å². The molecule has 0 atom stereocenters. The molecule has 0 bridgehead atoms. The predicted molar refractivity (Wildman–Crippen MR) is 115 cm³/mol. The molecule has 1 aliphatic carbocycles. The minimum Gasteiger partial charge on any atom is -0.465 e. The fraction of sp³-hybridized carbons (Fsp3) is 0.478. The van der Waals surface area contributed by atoms with Gasteiger partial charge in [-0.2, -0.15) is 0 Å². The highest BCUT2D eigenvalue weighted by Gasteiger charge is 2.33. The van der Waals surface area contributed by atoms with Gasteiger partial charge in [-0.05, 0) is 57.1 Å². The van der Waals surface area contributed by atoms with Gasteiger partial charge >= 0.3 is 5.97 Å². The fourth-order valence-electron chi connectivity index (χ4n) is 3.90. The molecule has 3 rings (SSSR count). The number of benzene rings is 1. The highest BCUT2D eigenvalue weighted by molar-refractivity contribution is 7.18. The average molecular weight is 400 g/mol. The first-order valence-electron chi connectivity index (χ1n) is 10.0. The van der Waals surface area contributed by atoms with Crippen molar-refractivity contribution in [2.24, 2.45) is 11.8 Å². The van der Waals surface area contributed by atoms with E-state index in [0.29, 0.717) is 16.5 Å². The third-order valence-electron chi connectivity index (χ3n) is 5.52. The highest BCUT2D eigenvalue weighted by Crippen LogP contribution is 2.40. The van der Waals surface area contributed by atoms with Gasteiger partial charge in [-0.25, -0.2) is 4.79 Å². The molecule has 1 amide bonds. The molecule has 2 aromatic rings. The number of hydrogen-bond acceptors (Lipinski definition) is 4. The van der Waals surface area contributed by atoms with E-state index < -0.39 is 5.97 Å². The Kier molecular flexibility index (Phi) is 6.55. The lowest BCUT2D eigenvalue weighted by Gasteiger charge is -2.33. The zero-order valence-corrected chi connectivity index (χ0v) is 17.9. The first-order chi connectivity index (χ1) is 13.4. The van der Waals surface area contributed by atoms with Crippen LogP contribution in [-0.4, -0.2) is 25.0 Å². The number of methoxy groups -OCH3 is 1. The molecular formula is C23H29NO3S. The predicted octanol–water partition coefficient (Wildman–Crippen LogP) is 5.77. The maximum Gasteiger partial charge on any atom is 0.350 e. The van der Waals surface area contributed by atoms with Crippen LogP contribution in [-0.2, 0) is 9.53 Å². The van der Waals surface area contributed by atoms with E-state index in [-0.39, 0.29) is 17.9 Å². The molecule has 1 saturated carbocycles. The molecule has 5 heteroatoms. The SMILES string of the molecule is COC(=O)c1sc(-c2ccccc2)cc1N(C(=O)[C@H]1CC[C@H](C)CC1)C(C)C. The number of esters is 1. The van der Waals surface area contributed by atoms with Crippen LogP contribution in [0.1, 0.15) is 56.1 Å². The molecule has 0 N–H and O–H groups in total. The van der Waals surface area contributed by atoms with Crippen molar-refractivity contribution in [2.75, 3.05) is 12.0 Å². The van der Waals surface area contributed by atoms with E-state index in [1.165, 1.54) is 18.4 Å². The summed E-state index contributed by atoms with van der Waals surface area (Å²) in [5.41, 5.74) is 1.71. The van der Waals surface area contributed by atoms with Crippen LogP contribution in [0.3, 0.4) is 0 Å². The van der Waals surface area contributed by atoms with Crippen molar-refractivity contribution in [3.63, 3.8) is 0 Å². The first-order valence-corrected chi connectivity index (χ1v) is 10.8. The Morgan fingerprint density at radius 1 is 1.11 bits per heavy atom. The third-order valence-corrected chi connectivity index (χ3v) is 6.67. The number of thiophene rings is 1. The fourth-order valence-corrected chi connectivity index (χ4v) is 4.97. The lowest BCUT2D eigenvalue weighted by atomic mass is 9.82. The van der Waals surface area contributed by atoms with E-state index in [4.69, 9.17) is 4.74 Å². The summed E-state index contributed by atoms with van der Waals surface area (Å²) in [6.07, 6.45) is 4.02. The zero-order chi connectivity index (χ0) is 20.3. The Bertz CT molecular complexity index is 820. The van der Waals surface area contributed by atoms with Crippen molar-refractivity contribution in [2.45, 2.75) is 52.5 Å². The number of hydrogen-bond donors (Lipinski definition) is 0. The summed E-state index contributed by atoms with van der Waals surface area (Å²) in [5, 5.41) is 0. The van der Waals surface area contributed by atoms with Crippen LogP contribution in [0.2, 0.25) is 0 Å². The molecule has 150 valence electrons. The summed E-state index contributed by atoms with van der Waals surface area (Å²) >= 11 is 1.39. The van der Waals surface area contributed by atoms with Gasteiger partial charge in [-0.15, -0.1) is 11.3 Å². The molecule has 1 aliphatic rings. The lowest BCUT2D eigenvalue weighted by Crippen LogP contribution is -2.42. The van der Waals surface area contributed by atoms with Crippen LogP contribution in [0.15, 0.2) is 36.4 Å². The van der Waals surface area contributed by atoms with E-state index in [1.54, 1.807) is 0 Å². The second-order valence-corrected chi connectivity index (χ2v) is 8.99. The van der Waals surface area contributed by atoms with Crippen LogP contribution in [0.4, 0.5) is 5.69 Å². The number of amides is 1. The van der Waals surface area contributed by atoms with Gasteiger partial charge in [-0.1, -0.05) is 37.3 Å². The molecule has 0 saturated heterocycles. The van der Waals surface area contributed by atoms with Crippen LogP contribution >= 0.6 is 11.3 Å². The van der Waals surface area contributed by atoms with Gasteiger partial charge in [0.2, 0.25) is 5.91 Å². The number of rotatable bonds is 5. The van der Waals surface area contributed by atoms with Gasteiger partial charge in [-0.3, -0.25) is 4.79 Å². The molecule has 1 heterocycles. The minimum absolute atomic E-state index is 0.0316. The molecule has 0 aliphatic heterocycles. The molecule has 1 aromatic carbocycles. The quantitative estimate of drug-likeness (QED) is 0.600. The Morgan fingerprint density at radius 3 is 2.32 bits per heavy atom. The van der Waals surface area contributed by atoms with Crippen molar-refractivity contribution in [1.29, 1.82) is 0 Å². The molecule has 4 nitrogen and oxygen atoms in total. The van der Waals surface area contributed by atoms with Crippen LogP contribution in [0.25, 0.3) is 10.4 Å². The largest absolute Gasteiger partial charge is 0.465 e. The van der Waals surface area contributed by atoms with E-state index in [9.17, 15) is 9.59 Å². The van der Waals surface area contributed by atoms with Crippen LogP contribution < -0.4 is 4.90 Å². The summed E-state index contributed by atoms with van der Waals surface area (Å²) in [4.78, 5) is 29.2. The van der Waals surface area contributed by atoms with Crippen molar-refractivity contribution in [3.05, 3.63) is 41.3 Å². The van der Waals surface area contributed by atoms with Crippen molar-refractivity contribution in [3.8, 4) is 10.4 Å². The smallest absolute Gasteiger partial charge is 0.350 e. The van der Waals surface area contributed by atoms with E-state index >= 15 is 0 Å². The molecule has 0 spiro atoms. The first kappa shape index (κ1) is 20.6. The third kappa shape index (κ3) is 4.30. The normalized spacial score (nSPS) is 19.5. The summed E-state index contributed by atoms with van der Waals surface area (Å²) in [6.45, 7) is 6.26. The second kappa shape index (κ2) is 8.91. The lowest BCUT2D eigenvalue weighted by molar-refractivity contribution is -0.123. The van der Waals surface area contributed by atoms with Crippen LogP contribution in [0.5, 0.6) is 0 Å². The summed E-state index contributed by atoms with van der Waals surface area (Å²) in [6, 6.07) is 11.9. The Balaban J connectivity index is 2.00.